The van der Waals surface area contributed by atoms with E-state index in [9.17, 15) is 5.11 Å². The van der Waals surface area contributed by atoms with E-state index in [0.29, 0.717) is 11.8 Å². The van der Waals surface area contributed by atoms with Crippen LogP contribution >= 0.6 is 0 Å². The quantitative estimate of drug-likeness (QED) is 0.883. The molecule has 0 spiro atoms. The molecule has 0 amide bonds. The molecule has 2 N–H and O–H groups in total. The zero-order chi connectivity index (χ0) is 14.1. The maximum atomic E-state index is 10.3. The summed E-state index contributed by atoms with van der Waals surface area (Å²) in [6, 6.07) is 5.80. The number of hydrogen-bond donors (Lipinski definition) is 2. The average molecular weight is 277 g/mol. The third kappa shape index (κ3) is 2.50. The van der Waals surface area contributed by atoms with Gasteiger partial charge in [-0.15, -0.1) is 0 Å². The van der Waals surface area contributed by atoms with Crippen LogP contribution in [0.1, 0.15) is 18.4 Å². The molecule has 1 aliphatic carbocycles. The summed E-state index contributed by atoms with van der Waals surface area (Å²) >= 11 is 0. The molecule has 1 saturated heterocycles. The summed E-state index contributed by atoms with van der Waals surface area (Å²) in [4.78, 5) is 0. The Bertz CT molecular complexity index is 477. The summed E-state index contributed by atoms with van der Waals surface area (Å²) in [6.07, 6.45) is 1.28. The summed E-state index contributed by atoms with van der Waals surface area (Å²) in [7, 11) is 1.66. The molecule has 1 aliphatic heterocycles. The highest BCUT2D eigenvalue weighted by atomic mass is 16.5. The minimum Gasteiger partial charge on any atom is -0.496 e. The zero-order valence-corrected chi connectivity index (χ0v) is 12.1. The molecule has 4 nitrogen and oxygen atoms in total. The van der Waals surface area contributed by atoms with Crippen LogP contribution in [0.2, 0.25) is 0 Å². The predicted octanol–water partition coefficient (Wildman–Crippen LogP) is 1.74. The lowest BCUT2D eigenvalue weighted by atomic mass is 9.78. The first-order chi connectivity index (χ1) is 9.69. The Morgan fingerprint density at radius 3 is 2.60 bits per heavy atom. The summed E-state index contributed by atoms with van der Waals surface area (Å²) in [5, 5.41) is 13.7. The molecule has 20 heavy (non-hydrogen) atoms. The second-order valence-corrected chi connectivity index (χ2v) is 5.96. The van der Waals surface area contributed by atoms with Gasteiger partial charge < -0.3 is 19.9 Å². The van der Waals surface area contributed by atoms with Crippen molar-refractivity contribution in [2.45, 2.75) is 32.0 Å². The van der Waals surface area contributed by atoms with Crippen molar-refractivity contribution in [2.24, 2.45) is 11.8 Å². The van der Waals surface area contributed by atoms with E-state index in [-0.39, 0.29) is 12.2 Å². The van der Waals surface area contributed by atoms with Gasteiger partial charge in [-0.1, -0.05) is 6.07 Å². The summed E-state index contributed by atoms with van der Waals surface area (Å²) < 4.78 is 11.4. The molecule has 0 bridgehead atoms. The van der Waals surface area contributed by atoms with Gasteiger partial charge in [0.2, 0.25) is 0 Å². The van der Waals surface area contributed by atoms with Crippen LogP contribution in [-0.2, 0) is 0 Å². The van der Waals surface area contributed by atoms with Crippen molar-refractivity contribution in [1.29, 1.82) is 0 Å². The Kier molecular flexibility index (Phi) is 3.85. The van der Waals surface area contributed by atoms with Crippen LogP contribution < -0.4 is 14.8 Å². The molecule has 2 fully saturated rings. The van der Waals surface area contributed by atoms with Crippen molar-refractivity contribution in [1.82, 2.24) is 5.32 Å². The third-order valence-corrected chi connectivity index (χ3v) is 4.72. The molecule has 3 rings (SSSR count). The number of benzene rings is 1. The smallest absolute Gasteiger partial charge is 0.126 e. The number of ether oxygens (including phenoxy) is 2. The van der Waals surface area contributed by atoms with Crippen molar-refractivity contribution in [3.63, 3.8) is 0 Å². The van der Waals surface area contributed by atoms with Crippen LogP contribution in [0.3, 0.4) is 0 Å². The van der Waals surface area contributed by atoms with E-state index in [2.05, 4.69) is 5.32 Å². The summed E-state index contributed by atoms with van der Waals surface area (Å²) in [5.74, 6) is 2.89. The van der Waals surface area contributed by atoms with E-state index in [4.69, 9.17) is 9.47 Å². The molecule has 1 aromatic rings. The topological polar surface area (TPSA) is 50.7 Å². The lowest BCUT2D eigenvalue weighted by Gasteiger charge is -2.35. The highest BCUT2D eigenvalue weighted by molar-refractivity contribution is 5.43. The number of nitrogens with one attached hydrogen (secondary N) is 1. The van der Waals surface area contributed by atoms with E-state index in [1.165, 1.54) is 0 Å². The number of hydrogen-bond acceptors (Lipinski definition) is 4. The molecular weight excluding hydrogens is 254 g/mol. The maximum Gasteiger partial charge on any atom is 0.126 e. The Morgan fingerprint density at radius 1 is 1.15 bits per heavy atom. The summed E-state index contributed by atoms with van der Waals surface area (Å²) in [6.45, 7) is 4.07. The second-order valence-electron chi connectivity index (χ2n) is 5.96. The molecule has 2 aliphatic rings. The van der Waals surface area contributed by atoms with Gasteiger partial charge in [0.15, 0.2) is 0 Å². The van der Waals surface area contributed by atoms with Crippen molar-refractivity contribution in [3.05, 3.63) is 23.8 Å². The van der Waals surface area contributed by atoms with E-state index in [0.717, 1.165) is 43.0 Å². The van der Waals surface area contributed by atoms with Crippen LogP contribution in [0.4, 0.5) is 0 Å². The Balaban J connectivity index is 1.74. The van der Waals surface area contributed by atoms with Crippen molar-refractivity contribution < 1.29 is 14.6 Å². The molecule has 1 saturated carbocycles. The monoisotopic (exact) mass is 277 g/mol. The minimum atomic E-state index is -0.373. The molecule has 110 valence electrons. The second kappa shape index (κ2) is 5.62. The normalized spacial score (nSPS) is 32.8. The van der Waals surface area contributed by atoms with E-state index in [1.807, 2.05) is 25.1 Å². The van der Waals surface area contributed by atoms with Gasteiger partial charge in [-0.25, -0.2) is 0 Å². The van der Waals surface area contributed by atoms with Gasteiger partial charge in [-0.2, -0.15) is 0 Å². The van der Waals surface area contributed by atoms with E-state index < -0.39 is 0 Å². The van der Waals surface area contributed by atoms with Gasteiger partial charge in [-0.05, 0) is 56.8 Å². The number of aliphatic hydroxyl groups excluding tert-OH is 1. The minimum absolute atomic E-state index is 0.109. The number of fused-ring (bicyclic) bond motifs is 1. The van der Waals surface area contributed by atoms with Crippen LogP contribution in [0.25, 0.3) is 0 Å². The summed E-state index contributed by atoms with van der Waals surface area (Å²) in [5.41, 5.74) is 0.994. The molecule has 1 aromatic carbocycles. The van der Waals surface area contributed by atoms with E-state index >= 15 is 0 Å². The fourth-order valence-corrected chi connectivity index (χ4v) is 3.49. The fourth-order valence-electron chi connectivity index (χ4n) is 3.49. The number of rotatable bonds is 3. The van der Waals surface area contributed by atoms with Crippen molar-refractivity contribution in [3.8, 4) is 11.5 Å². The molecular formula is C16H23NO3. The standard InChI is InChI=1S/C16H23NO3/c1-10-14(19-2)4-3-5-15(10)20-16-7-12-9-17-8-11(12)6-13(16)18/h3-5,11-13,16-18H,6-9H2,1-2H3/t11-,12+,13+,16+/m0/s1. The first-order valence-corrected chi connectivity index (χ1v) is 7.38. The first kappa shape index (κ1) is 13.7. The van der Waals surface area contributed by atoms with Crippen LogP contribution in [0.15, 0.2) is 18.2 Å². The SMILES string of the molecule is COc1cccc(O[C@@H]2C[C@@H]3CNC[C@@H]3C[C@H]2O)c1C. The van der Waals surface area contributed by atoms with Gasteiger partial charge in [0.25, 0.3) is 0 Å². The zero-order valence-electron chi connectivity index (χ0n) is 12.1. The number of aliphatic hydroxyl groups is 1. The van der Waals surface area contributed by atoms with Gasteiger partial charge in [-0.3, -0.25) is 0 Å². The van der Waals surface area contributed by atoms with Crippen LogP contribution in [0.5, 0.6) is 11.5 Å². The lowest BCUT2D eigenvalue weighted by molar-refractivity contribution is -0.0235. The van der Waals surface area contributed by atoms with Crippen LogP contribution in [-0.4, -0.2) is 37.5 Å². The first-order valence-electron chi connectivity index (χ1n) is 7.38. The average Bonchev–Trinajstić information content (AvgIpc) is 2.88. The number of methoxy groups -OCH3 is 1. The third-order valence-electron chi connectivity index (χ3n) is 4.72. The largest absolute Gasteiger partial charge is 0.496 e. The molecule has 0 unspecified atom stereocenters. The van der Waals surface area contributed by atoms with Crippen molar-refractivity contribution >= 4 is 0 Å². The highest BCUT2D eigenvalue weighted by Gasteiger charge is 2.40. The van der Waals surface area contributed by atoms with Gasteiger partial charge in [0.05, 0.1) is 13.2 Å². The Morgan fingerprint density at radius 2 is 1.85 bits per heavy atom. The van der Waals surface area contributed by atoms with Gasteiger partial charge >= 0.3 is 0 Å². The van der Waals surface area contributed by atoms with Gasteiger partial charge in [0, 0.05) is 5.56 Å². The highest BCUT2D eigenvalue weighted by Crippen LogP contribution is 2.36. The molecule has 4 heteroatoms. The molecule has 0 radical (unpaired) electrons. The van der Waals surface area contributed by atoms with E-state index in [1.54, 1.807) is 7.11 Å². The Hall–Kier alpha value is -1.26. The Labute approximate surface area is 120 Å². The van der Waals surface area contributed by atoms with Crippen LogP contribution in [0, 0.1) is 18.8 Å². The maximum absolute atomic E-state index is 10.3. The van der Waals surface area contributed by atoms with Crippen molar-refractivity contribution in [2.75, 3.05) is 20.2 Å². The molecule has 0 aromatic heterocycles. The molecule has 4 atom stereocenters. The lowest BCUT2D eigenvalue weighted by Crippen LogP contribution is -2.42. The predicted molar refractivity (Wildman–Crippen MR) is 77.2 cm³/mol. The molecule has 1 heterocycles. The fraction of sp³-hybridized carbons (Fsp3) is 0.625. The van der Waals surface area contributed by atoms with Gasteiger partial charge in [0.1, 0.15) is 17.6 Å².